The lowest BCUT2D eigenvalue weighted by molar-refractivity contribution is 0.0692. The number of amides is 2. The Morgan fingerprint density at radius 3 is 2.85 bits per heavy atom. The van der Waals surface area contributed by atoms with E-state index in [0.29, 0.717) is 12.2 Å². The number of nitrogens with zero attached hydrogens (tertiary/aromatic N) is 1. The number of anilines is 1. The Labute approximate surface area is 115 Å². The molecule has 2 rings (SSSR count). The third-order valence-electron chi connectivity index (χ3n) is 2.75. The highest BCUT2D eigenvalue weighted by Crippen LogP contribution is 2.17. The molecule has 7 nitrogen and oxygen atoms in total. The summed E-state index contributed by atoms with van der Waals surface area (Å²) < 4.78 is 4.93. The molecule has 20 heavy (non-hydrogen) atoms. The van der Waals surface area contributed by atoms with Gasteiger partial charge in [-0.2, -0.15) is 0 Å². The number of carbonyl (C=O) groups is 2. The predicted molar refractivity (Wildman–Crippen MR) is 71.7 cm³/mol. The van der Waals surface area contributed by atoms with Gasteiger partial charge in [-0.1, -0.05) is 0 Å². The average molecular weight is 277 g/mol. The van der Waals surface area contributed by atoms with Gasteiger partial charge in [0.1, 0.15) is 5.69 Å². The maximum atomic E-state index is 12.0. The minimum atomic E-state index is -1.12. The van der Waals surface area contributed by atoms with Crippen LogP contribution in [0, 0.1) is 6.92 Å². The van der Waals surface area contributed by atoms with Crippen molar-refractivity contribution in [2.45, 2.75) is 13.5 Å². The van der Waals surface area contributed by atoms with Crippen molar-refractivity contribution in [2.24, 2.45) is 0 Å². The van der Waals surface area contributed by atoms with Crippen LogP contribution in [0.4, 0.5) is 10.5 Å². The third-order valence-corrected chi connectivity index (χ3v) is 2.75. The summed E-state index contributed by atoms with van der Waals surface area (Å²) in [4.78, 5) is 27.1. The van der Waals surface area contributed by atoms with Crippen LogP contribution in [0.3, 0.4) is 0 Å². The zero-order chi connectivity index (χ0) is 14.7. The fraction of sp³-hybridized carbons (Fsp3) is 0.231. The van der Waals surface area contributed by atoms with Crippen LogP contribution in [0.1, 0.15) is 21.7 Å². The largest absolute Gasteiger partial charge is 0.477 e. The number of aromatic nitrogens is 1. The maximum Gasteiger partial charge on any atom is 0.354 e. The number of aromatic amines is 1. The number of nitrogens with one attached hydrogen (secondary N) is 2. The smallest absolute Gasteiger partial charge is 0.354 e. The number of aromatic carboxylic acids is 1. The van der Waals surface area contributed by atoms with E-state index in [1.165, 1.54) is 11.2 Å². The second-order valence-corrected chi connectivity index (χ2v) is 4.46. The Morgan fingerprint density at radius 2 is 2.25 bits per heavy atom. The highest BCUT2D eigenvalue weighted by atomic mass is 16.4. The second-order valence-electron chi connectivity index (χ2n) is 4.46. The molecule has 0 aliphatic rings. The van der Waals surface area contributed by atoms with Gasteiger partial charge >= 0.3 is 12.0 Å². The fourth-order valence-corrected chi connectivity index (χ4v) is 1.80. The summed E-state index contributed by atoms with van der Waals surface area (Å²) in [5.41, 5.74) is 1.73. The quantitative estimate of drug-likeness (QED) is 0.798. The number of hydrogen-bond acceptors (Lipinski definition) is 3. The predicted octanol–water partition coefficient (Wildman–Crippen LogP) is 2.28. The summed E-state index contributed by atoms with van der Waals surface area (Å²) in [5.74, 6) is -1.12. The number of furan rings is 1. The number of aryl methyl sites for hydroxylation is 1. The summed E-state index contributed by atoms with van der Waals surface area (Å²) in [5, 5.41) is 11.6. The van der Waals surface area contributed by atoms with Crippen molar-refractivity contribution in [3.05, 3.63) is 41.6 Å². The van der Waals surface area contributed by atoms with Crippen LogP contribution in [-0.2, 0) is 6.54 Å². The lowest BCUT2D eigenvalue weighted by Gasteiger charge is -2.16. The standard InChI is InChI=1S/C13H15N3O4/c1-8-5-10(11(14-8)12(17)18)15-13(19)16(2)6-9-3-4-20-7-9/h3-5,7,14H,6H2,1-2H3,(H,15,19)(H,17,18). The normalized spacial score (nSPS) is 10.3. The first-order chi connectivity index (χ1) is 9.47. The van der Waals surface area contributed by atoms with Crippen molar-refractivity contribution >= 4 is 17.7 Å². The van der Waals surface area contributed by atoms with E-state index in [1.807, 2.05) is 0 Å². The van der Waals surface area contributed by atoms with E-state index in [2.05, 4.69) is 10.3 Å². The number of rotatable bonds is 4. The van der Waals surface area contributed by atoms with E-state index >= 15 is 0 Å². The van der Waals surface area contributed by atoms with Crippen molar-refractivity contribution in [1.29, 1.82) is 0 Å². The molecule has 0 aliphatic heterocycles. The number of urea groups is 1. The molecule has 0 radical (unpaired) electrons. The first-order valence-corrected chi connectivity index (χ1v) is 5.93. The van der Waals surface area contributed by atoms with Crippen molar-refractivity contribution in [3.8, 4) is 0 Å². The molecule has 7 heteroatoms. The molecule has 0 atom stereocenters. The summed E-state index contributed by atoms with van der Waals surface area (Å²) in [6.07, 6.45) is 3.08. The SMILES string of the molecule is Cc1cc(NC(=O)N(C)Cc2ccoc2)c(C(=O)O)[nH]1. The molecule has 0 aromatic carbocycles. The number of carboxylic acid groups (broad SMARTS) is 1. The molecule has 0 fully saturated rings. The van der Waals surface area contributed by atoms with E-state index in [-0.39, 0.29) is 11.4 Å². The molecule has 0 aliphatic carbocycles. The molecule has 106 valence electrons. The van der Waals surface area contributed by atoms with Crippen LogP contribution in [0.15, 0.2) is 29.1 Å². The molecular weight excluding hydrogens is 262 g/mol. The van der Waals surface area contributed by atoms with E-state index in [9.17, 15) is 9.59 Å². The Kier molecular flexibility index (Phi) is 3.79. The maximum absolute atomic E-state index is 12.0. The van der Waals surface area contributed by atoms with Crippen LogP contribution in [0.5, 0.6) is 0 Å². The van der Waals surface area contributed by atoms with Gasteiger partial charge in [-0.05, 0) is 19.1 Å². The number of H-pyrrole nitrogens is 1. The van der Waals surface area contributed by atoms with Crippen molar-refractivity contribution < 1.29 is 19.1 Å². The topological polar surface area (TPSA) is 98.6 Å². The second kappa shape index (κ2) is 5.52. The molecule has 3 N–H and O–H groups in total. The molecule has 2 heterocycles. The van der Waals surface area contributed by atoms with Gasteiger partial charge in [0.25, 0.3) is 0 Å². The Morgan fingerprint density at radius 1 is 1.50 bits per heavy atom. The fourth-order valence-electron chi connectivity index (χ4n) is 1.80. The lowest BCUT2D eigenvalue weighted by atomic mass is 10.3. The van der Waals surface area contributed by atoms with E-state index in [4.69, 9.17) is 9.52 Å². The summed E-state index contributed by atoms with van der Waals surface area (Å²) in [6, 6.07) is 2.94. The molecule has 2 amide bonds. The summed E-state index contributed by atoms with van der Waals surface area (Å²) >= 11 is 0. The van der Waals surface area contributed by atoms with Gasteiger partial charge in [0.2, 0.25) is 0 Å². The van der Waals surface area contributed by atoms with Gasteiger partial charge < -0.3 is 24.7 Å². The molecule has 0 unspecified atom stereocenters. The van der Waals surface area contributed by atoms with Crippen LogP contribution in [-0.4, -0.2) is 34.0 Å². The first-order valence-electron chi connectivity index (χ1n) is 5.93. The first kappa shape index (κ1) is 13.7. The van der Waals surface area contributed by atoms with Gasteiger partial charge in [-0.3, -0.25) is 0 Å². The Hall–Kier alpha value is -2.70. The number of hydrogen-bond donors (Lipinski definition) is 3. The molecular formula is C13H15N3O4. The minimum Gasteiger partial charge on any atom is -0.477 e. The number of carboxylic acids is 1. The van der Waals surface area contributed by atoms with Crippen molar-refractivity contribution in [3.63, 3.8) is 0 Å². The molecule has 0 bridgehead atoms. The van der Waals surface area contributed by atoms with Crippen LogP contribution in [0.2, 0.25) is 0 Å². The highest BCUT2D eigenvalue weighted by Gasteiger charge is 2.17. The van der Waals surface area contributed by atoms with Gasteiger partial charge in [-0.15, -0.1) is 0 Å². The molecule has 2 aromatic heterocycles. The van der Waals surface area contributed by atoms with Crippen molar-refractivity contribution in [2.75, 3.05) is 12.4 Å². The Balaban J connectivity index is 2.05. The van der Waals surface area contributed by atoms with Crippen LogP contribution in [0.25, 0.3) is 0 Å². The van der Waals surface area contributed by atoms with Crippen molar-refractivity contribution in [1.82, 2.24) is 9.88 Å². The zero-order valence-electron chi connectivity index (χ0n) is 11.1. The minimum absolute atomic E-state index is 0.0347. The average Bonchev–Trinajstić information content (AvgIpc) is 2.98. The van der Waals surface area contributed by atoms with Gasteiger partial charge in [0.05, 0.1) is 24.8 Å². The molecule has 0 spiro atoms. The molecule has 0 saturated carbocycles. The van der Waals surface area contributed by atoms with E-state index < -0.39 is 12.0 Å². The lowest BCUT2D eigenvalue weighted by Crippen LogP contribution is -2.31. The highest BCUT2D eigenvalue weighted by molar-refractivity contribution is 5.99. The zero-order valence-corrected chi connectivity index (χ0v) is 11.1. The monoisotopic (exact) mass is 277 g/mol. The third kappa shape index (κ3) is 3.00. The summed E-state index contributed by atoms with van der Waals surface area (Å²) in [6.45, 7) is 2.09. The molecule has 2 aromatic rings. The van der Waals surface area contributed by atoms with E-state index in [1.54, 1.807) is 32.4 Å². The van der Waals surface area contributed by atoms with Crippen LogP contribution < -0.4 is 5.32 Å². The van der Waals surface area contributed by atoms with E-state index in [0.717, 1.165) is 5.56 Å². The molecule has 0 saturated heterocycles. The number of carbonyl (C=O) groups excluding carboxylic acids is 1. The summed E-state index contributed by atoms with van der Waals surface area (Å²) in [7, 11) is 1.61. The van der Waals surface area contributed by atoms with Gasteiger partial charge in [0.15, 0.2) is 0 Å². The van der Waals surface area contributed by atoms with Crippen LogP contribution >= 0.6 is 0 Å². The van der Waals surface area contributed by atoms with Gasteiger partial charge in [0, 0.05) is 18.3 Å². The Bertz CT molecular complexity index is 616. The van der Waals surface area contributed by atoms with Gasteiger partial charge in [-0.25, -0.2) is 9.59 Å².